The fourth-order valence-corrected chi connectivity index (χ4v) is 14.9. The molecule has 16 aromatic rings. The molecule has 10 heteroatoms. The molecule has 0 amide bonds. The van der Waals surface area contributed by atoms with Crippen molar-refractivity contribution in [1.82, 2.24) is 29.1 Å². The molecule has 0 unspecified atom stereocenters. The molecule has 0 saturated carbocycles. The topological polar surface area (TPSA) is 102 Å². The molecule has 4 heterocycles. The molecule has 16 rings (SSSR count). The molecule has 0 fully saturated rings. The third kappa shape index (κ3) is 17.4. The number of pyridine rings is 2. The summed E-state index contributed by atoms with van der Waals surface area (Å²) in [4.78, 5) is 20.2. The first-order valence-corrected chi connectivity index (χ1v) is 38.8. The number of hydrogen-bond donors (Lipinski definition) is 2. The normalized spacial score (nSPS) is 13.9. The Bertz CT molecular complexity index is 7180. The van der Waals surface area contributed by atoms with Gasteiger partial charge in [-0.2, -0.15) is 0 Å². The van der Waals surface area contributed by atoms with Gasteiger partial charge in [-0.3, -0.25) is 19.1 Å². The Hall–Kier alpha value is -11.1. The van der Waals surface area contributed by atoms with Crippen LogP contribution in [0.3, 0.4) is 0 Å². The maximum absolute atomic E-state index is 11.8. The number of fused-ring (bicyclic) bond motifs is 2. The van der Waals surface area contributed by atoms with E-state index in [1.807, 2.05) is 130 Å². The summed E-state index contributed by atoms with van der Waals surface area (Å²) in [5, 5.41) is 23.5. The molecule has 594 valence electrons. The zero-order chi connectivity index (χ0) is 94.2. The van der Waals surface area contributed by atoms with E-state index >= 15 is 0 Å². The number of aromatic hydroxyl groups is 2. The number of phenols is 2. The van der Waals surface area contributed by atoms with E-state index in [0.29, 0.717) is 112 Å². The van der Waals surface area contributed by atoms with Crippen LogP contribution in [-0.4, -0.2) is 39.3 Å². The molecule has 0 aliphatic rings. The molecular formula is C107H102N6O2Pt2-2. The smallest absolute Gasteiger partial charge is 0.148 e. The maximum atomic E-state index is 11.8. The number of benzene rings is 12. The van der Waals surface area contributed by atoms with E-state index in [4.69, 9.17) is 40.5 Å². The van der Waals surface area contributed by atoms with Crippen molar-refractivity contribution in [3.63, 3.8) is 0 Å². The van der Waals surface area contributed by atoms with Crippen molar-refractivity contribution >= 4 is 22.1 Å². The molecule has 0 aliphatic heterocycles. The zero-order valence-corrected chi connectivity index (χ0v) is 73.4. The molecule has 4 aromatic heterocycles. The molecule has 0 radical (unpaired) electrons. The Morgan fingerprint density at radius 1 is 0.376 bits per heavy atom. The van der Waals surface area contributed by atoms with Crippen molar-refractivity contribution in [2.24, 2.45) is 0 Å². The summed E-state index contributed by atoms with van der Waals surface area (Å²) < 4.78 is 133. The summed E-state index contributed by atoms with van der Waals surface area (Å²) >= 11 is 0. The predicted molar refractivity (Wildman–Crippen MR) is 481 cm³/mol. The van der Waals surface area contributed by atoms with Crippen molar-refractivity contribution < 1.29 is 72.9 Å². The molecule has 8 nitrogen and oxygen atoms in total. The predicted octanol–water partition coefficient (Wildman–Crippen LogP) is 28.2. The Morgan fingerprint density at radius 3 is 1.26 bits per heavy atom. The fraction of sp³-hybridized carbons (Fsp3) is 0.215. The van der Waals surface area contributed by atoms with Gasteiger partial charge in [0.05, 0.1) is 58.3 Å². The minimum absolute atomic E-state index is 0. The van der Waals surface area contributed by atoms with E-state index in [2.05, 4.69) is 128 Å². The van der Waals surface area contributed by atoms with Gasteiger partial charge in [0.15, 0.2) is 0 Å². The Labute approximate surface area is 741 Å². The largest absolute Gasteiger partial charge is 0.507 e. The van der Waals surface area contributed by atoms with Gasteiger partial charge in [-0.05, 0) is 207 Å². The first-order chi connectivity index (χ1) is 60.9. The fourth-order valence-electron chi connectivity index (χ4n) is 14.9. The van der Waals surface area contributed by atoms with E-state index in [-0.39, 0.29) is 123 Å². The Morgan fingerprint density at radius 2 is 0.812 bits per heavy atom. The minimum atomic E-state index is -2.63. The van der Waals surface area contributed by atoms with Crippen molar-refractivity contribution in [3.8, 4) is 135 Å². The molecule has 0 bridgehead atoms. The van der Waals surface area contributed by atoms with Gasteiger partial charge in [0.25, 0.3) is 0 Å². The average molecular weight is 1910 g/mol. The van der Waals surface area contributed by atoms with Crippen LogP contribution < -0.4 is 0 Å². The monoisotopic (exact) mass is 1910 g/mol. The number of aryl methyl sites for hydroxylation is 5. The number of para-hydroxylation sites is 2. The van der Waals surface area contributed by atoms with Crippen LogP contribution in [0.25, 0.3) is 145 Å². The molecule has 0 saturated heterocycles. The van der Waals surface area contributed by atoms with Crippen LogP contribution in [0.1, 0.15) is 178 Å². The van der Waals surface area contributed by atoms with Crippen molar-refractivity contribution in [2.45, 2.75) is 153 Å². The molecule has 0 spiro atoms. The van der Waals surface area contributed by atoms with Crippen LogP contribution in [0.15, 0.2) is 267 Å². The second-order valence-corrected chi connectivity index (χ2v) is 33.5. The van der Waals surface area contributed by atoms with Gasteiger partial charge in [-0.15, -0.1) is 58.7 Å². The minimum Gasteiger partial charge on any atom is -0.507 e. The van der Waals surface area contributed by atoms with Crippen LogP contribution in [0.2, 0.25) is 0 Å². The summed E-state index contributed by atoms with van der Waals surface area (Å²) in [6, 6.07) is 65.8. The third-order valence-corrected chi connectivity index (χ3v) is 21.3. The van der Waals surface area contributed by atoms with E-state index in [1.54, 1.807) is 88.0 Å². The van der Waals surface area contributed by atoms with Gasteiger partial charge in [-0.1, -0.05) is 282 Å². The summed E-state index contributed by atoms with van der Waals surface area (Å²) in [5.74, 6) is -0.884. The van der Waals surface area contributed by atoms with Crippen molar-refractivity contribution in [1.29, 1.82) is 0 Å². The summed E-state index contributed by atoms with van der Waals surface area (Å²) in [7, 11) is 0. The van der Waals surface area contributed by atoms with Crippen LogP contribution in [0, 0.1) is 46.7 Å². The second kappa shape index (κ2) is 33.8. The SMILES string of the molecule is [2H]c1c([2H])c([2H])c(-c2ccnc(-c3[c-]c(-c4cccc5c4nc(-c4cc(C)cc(C)c4O)n5-c4ccc(-c5cc(C([2H])(C)C)cc(C([2H])(C)C)c5)cc4C([2H])([2H])[2H])cc(C(C)(C)C)c3)c2)c([2H])c1[2H].[2H]c1c([2H])c([2H])c(-c2ccnc(-c3[c-]c(-c4cccc5c4nc(-c4cc(C)cc(C)c4O)n5-c4ccc(C(C)(C)C)cc4-c4ccccc4)cc(C(C)(C)C)c3)c2)c([2H])c1[2H].[Pt].[Pt]. The van der Waals surface area contributed by atoms with Gasteiger partial charge < -0.3 is 10.2 Å². The number of imidazole rings is 2. The maximum Gasteiger partial charge on any atom is 0.148 e. The number of phenolic OH excluding ortho intramolecular Hbond substituents is 2. The van der Waals surface area contributed by atoms with Crippen molar-refractivity contribution in [2.75, 3.05) is 0 Å². The zero-order valence-electron chi connectivity index (χ0n) is 83.8. The van der Waals surface area contributed by atoms with E-state index in [9.17, 15) is 10.2 Å². The van der Waals surface area contributed by atoms with Gasteiger partial charge >= 0.3 is 0 Å². The first-order valence-electron chi connectivity index (χ1n) is 46.3. The van der Waals surface area contributed by atoms with Gasteiger partial charge in [0, 0.05) is 78.3 Å². The average Bonchev–Trinajstić information content (AvgIpc) is 1.57. The number of nitrogens with zero attached hydrogens (tertiary/aromatic N) is 6. The van der Waals surface area contributed by atoms with Gasteiger partial charge in [-0.25, -0.2) is 9.97 Å². The summed E-state index contributed by atoms with van der Waals surface area (Å²) in [6.07, 6.45) is 3.15. The van der Waals surface area contributed by atoms with E-state index in [1.165, 1.54) is 5.56 Å². The number of hydrogen-bond acceptors (Lipinski definition) is 6. The molecule has 12 aromatic carbocycles. The summed E-state index contributed by atoms with van der Waals surface area (Å²) in [5.41, 5.74) is 21.6. The second-order valence-electron chi connectivity index (χ2n) is 33.5. The third-order valence-electron chi connectivity index (χ3n) is 21.3. The Balaban J connectivity index is 0.000000223. The van der Waals surface area contributed by atoms with E-state index in [0.717, 1.165) is 66.8 Å². The van der Waals surface area contributed by atoms with Crippen LogP contribution in [-0.2, 0) is 58.4 Å². The number of aromatic nitrogens is 6. The van der Waals surface area contributed by atoms with E-state index < -0.39 is 42.8 Å². The van der Waals surface area contributed by atoms with Crippen LogP contribution in [0.4, 0.5) is 0 Å². The first kappa shape index (κ1) is 65.9. The van der Waals surface area contributed by atoms with Crippen LogP contribution in [0.5, 0.6) is 11.5 Å². The molecule has 0 aliphatic carbocycles. The van der Waals surface area contributed by atoms with Gasteiger partial charge in [0.2, 0.25) is 0 Å². The molecule has 2 N–H and O–H groups in total. The molecule has 0 atom stereocenters. The Kier molecular flexibility index (Phi) is 19.1. The molecule has 117 heavy (non-hydrogen) atoms. The quantitative estimate of drug-likeness (QED) is 0.105. The molecular weight excluding hydrogens is 1790 g/mol. The van der Waals surface area contributed by atoms with Crippen molar-refractivity contribution in [3.05, 3.63) is 335 Å². The summed E-state index contributed by atoms with van der Waals surface area (Å²) in [6.45, 7) is 31.5. The number of rotatable bonds is 14. The van der Waals surface area contributed by atoms with Gasteiger partial charge in [0.1, 0.15) is 23.1 Å². The standard InChI is InChI=1S/C55H54N3O.C52H48N3O.2Pt/c1-33(2)41-26-42(34(3)4)28-43(27-41)39-19-20-50(36(6)25-39)58-51-18-14-17-47(52(51)57-54(58)48-24-35(5)23-37(7)53(48)59)44-29-45(31-46(30-44)55(8,9)10)49-32-40(21-22-56-49)38-15-12-11-13-16-38;1-33-26-34(2)49(56)44(27-33)50-54-48-42(20-15-21-47(48)55(50)46-23-22-40(51(3,4)5)32-43(46)36-18-13-10-14-19-36)38-28-39(30-41(29-38)52(6,7)8)45-31-37(24-25-53-45)35-16-11-9-12-17-35;;/h11-28,30-34,59H,1-10H3;9-27,29-32,56H,1-8H3;;/q2*-1;;/i6D3,11D,12D,13D,15D,16D,33D,34D;9D,11D,12D,16D,17D;;. The van der Waals surface area contributed by atoms with Crippen LogP contribution >= 0.6 is 0 Å².